The number of likely N-dealkylation sites (tertiary alicyclic amines) is 1. The Morgan fingerprint density at radius 1 is 1.30 bits per heavy atom. The maximum Gasteiger partial charge on any atom is 0.308 e. The van der Waals surface area contributed by atoms with Gasteiger partial charge in [-0.3, -0.25) is 9.59 Å². The first kappa shape index (κ1) is 15.2. The standard InChI is InChI=1S/C16H18N4O3/c1-11-13(16(22)23)7-8-20(11)15(21)10-19-9-14(17-18-19)12-5-3-2-4-6-12/h2-6,9,11,13H,7-8,10H2,1H3,(H,22,23). The van der Waals surface area contributed by atoms with Gasteiger partial charge in [-0.1, -0.05) is 35.5 Å². The van der Waals surface area contributed by atoms with E-state index in [0.29, 0.717) is 18.7 Å². The number of carboxylic acid groups (broad SMARTS) is 1. The van der Waals surface area contributed by atoms with E-state index in [4.69, 9.17) is 5.11 Å². The molecular formula is C16H18N4O3. The number of aromatic nitrogens is 3. The summed E-state index contributed by atoms with van der Waals surface area (Å²) in [6, 6.07) is 9.31. The van der Waals surface area contributed by atoms with Gasteiger partial charge in [-0.2, -0.15) is 0 Å². The summed E-state index contributed by atoms with van der Waals surface area (Å²) in [6.07, 6.45) is 2.22. The molecule has 0 aliphatic carbocycles. The first-order chi connectivity index (χ1) is 11.1. The van der Waals surface area contributed by atoms with E-state index in [1.165, 1.54) is 4.68 Å². The third kappa shape index (κ3) is 3.08. The predicted octanol–water partition coefficient (Wildman–Crippen LogP) is 1.27. The Kier molecular flexibility index (Phi) is 4.10. The Bertz CT molecular complexity index is 713. The monoisotopic (exact) mass is 314 g/mol. The van der Waals surface area contributed by atoms with Crippen LogP contribution in [0.3, 0.4) is 0 Å². The second-order valence-electron chi connectivity index (χ2n) is 5.73. The molecule has 1 aliphatic heterocycles. The zero-order chi connectivity index (χ0) is 16.4. The number of carbonyl (C=O) groups is 2. The number of carboxylic acids is 1. The van der Waals surface area contributed by atoms with Crippen LogP contribution >= 0.6 is 0 Å². The van der Waals surface area contributed by atoms with E-state index in [9.17, 15) is 9.59 Å². The molecule has 7 nitrogen and oxygen atoms in total. The van der Waals surface area contributed by atoms with Crippen LogP contribution in [-0.4, -0.2) is 49.5 Å². The third-order valence-corrected chi connectivity index (χ3v) is 4.30. The van der Waals surface area contributed by atoms with Crippen LogP contribution in [0.2, 0.25) is 0 Å². The largest absolute Gasteiger partial charge is 0.481 e. The zero-order valence-electron chi connectivity index (χ0n) is 12.8. The number of aliphatic carboxylic acids is 1. The summed E-state index contributed by atoms with van der Waals surface area (Å²) in [6.45, 7) is 2.31. The highest BCUT2D eigenvalue weighted by atomic mass is 16.4. The average molecular weight is 314 g/mol. The number of nitrogens with zero attached hydrogens (tertiary/aromatic N) is 4. The van der Waals surface area contributed by atoms with Crippen molar-refractivity contribution < 1.29 is 14.7 Å². The topological polar surface area (TPSA) is 88.3 Å². The van der Waals surface area contributed by atoms with Gasteiger partial charge in [0, 0.05) is 18.2 Å². The highest BCUT2D eigenvalue weighted by molar-refractivity contribution is 5.79. The molecular weight excluding hydrogens is 296 g/mol. The molecule has 7 heteroatoms. The molecule has 2 heterocycles. The average Bonchev–Trinajstić information content (AvgIpc) is 3.15. The van der Waals surface area contributed by atoms with Crippen molar-refractivity contribution in [3.63, 3.8) is 0 Å². The summed E-state index contributed by atoms with van der Waals surface area (Å²) in [7, 11) is 0. The van der Waals surface area contributed by atoms with Crippen LogP contribution < -0.4 is 0 Å². The Morgan fingerprint density at radius 3 is 2.70 bits per heavy atom. The molecule has 0 saturated carbocycles. The van der Waals surface area contributed by atoms with Gasteiger partial charge in [0.25, 0.3) is 0 Å². The van der Waals surface area contributed by atoms with Crippen LogP contribution in [0.15, 0.2) is 36.5 Å². The van der Waals surface area contributed by atoms with Crippen molar-refractivity contribution in [3.8, 4) is 11.3 Å². The van der Waals surface area contributed by atoms with E-state index in [0.717, 1.165) is 5.56 Å². The van der Waals surface area contributed by atoms with E-state index in [1.807, 2.05) is 30.3 Å². The van der Waals surface area contributed by atoms with E-state index in [-0.39, 0.29) is 18.5 Å². The van der Waals surface area contributed by atoms with E-state index >= 15 is 0 Å². The molecule has 3 rings (SSSR count). The number of hydrogen-bond donors (Lipinski definition) is 1. The van der Waals surface area contributed by atoms with Crippen LogP contribution in [0.4, 0.5) is 0 Å². The van der Waals surface area contributed by atoms with Gasteiger partial charge in [-0.05, 0) is 13.3 Å². The molecule has 0 bridgehead atoms. The summed E-state index contributed by atoms with van der Waals surface area (Å²) in [4.78, 5) is 25.1. The summed E-state index contributed by atoms with van der Waals surface area (Å²) >= 11 is 0. The Labute approximate surface area is 133 Å². The molecule has 1 N–H and O–H groups in total. The first-order valence-electron chi connectivity index (χ1n) is 7.54. The van der Waals surface area contributed by atoms with Crippen LogP contribution in [0.25, 0.3) is 11.3 Å². The van der Waals surface area contributed by atoms with Crippen LogP contribution in [-0.2, 0) is 16.1 Å². The van der Waals surface area contributed by atoms with E-state index in [1.54, 1.807) is 18.0 Å². The SMILES string of the molecule is CC1C(C(=O)O)CCN1C(=O)Cn1cc(-c2ccccc2)nn1. The lowest BCUT2D eigenvalue weighted by atomic mass is 10.0. The Morgan fingerprint density at radius 2 is 2.04 bits per heavy atom. The van der Waals surface area contributed by atoms with E-state index in [2.05, 4.69) is 10.3 Å². The maximum atomic E-state index is 12.4. The van der Waals surface area contributed by atoms with Crippen molar-refractivity contribution in [2.24, 2.45) is 5.92 Å². The summed E-state index contributed by atoms with van der Waals surface area (Å²) in [5.74, 6) is -1.47. The van der Waals surface area contributed by atoms with Gasteiger partial charge < -0.3 is 10.0 Å². The van der Waals surface area contributed by atoms with Gasteiger partial charge >= 0.3 is 5.97 Å². The maximum absolute atomic E-state index is 12.4. The normalized spacial score (nSPS) is 20.7. The number of benzene rings is 1. The second kappa shape index (κ2) is 6.20. The molecule has 1 saturated heterocycles. The Balaban J connectivity index is 1.67. The molecule has 1 aromatic heterocycles. The first-order valence-corrected chi connectivity index (χ1v) is 7.54. The molecule has 1 fully saturated rings. The lowest BCUT2D eigenvalue weighted by molar-refractivity contribution is -0.143. The van der Waals surface area contributed by atoms with Gasteiger partial charge in [-0.15, -0.1) is 5.10 Å². The van der Waals surface area contributed by atoms with Gasteiger partial charge in [0.15, 0.2) is 0 Å². The van der Waals surface area contributed by atoms with Crippen molar-refractivity contribution in [1.29, 1.82) is 0 Å². The smallest absolute Gasteiger partial charge is 0.308 e. The molecule has 0 spiro atoms. The lowest BCUT2D eigenvalue weighted by Gasteiger charge is -2.23. The molecule has 2 unspecified atom stereocenters. The Hall–Kier alpha value is -2.70. The zero-order valence-corrected chi connectivity index (χ0v) is 12.8. The van der Waals surface area contributed by atoms with Gasteiger partial charge in [0.05, 0.1) is 12.1 Å². The highest BCUT2D eigenvalue weighted by Gasteiger charge is 2.38. The fourth-order valence-corrected chi connectivity index (χ4v) is 2.97. The van der Waals surface area contributed by atoms with Crippen molar-refractivity contribution in [2.45, 2.75) is 25.9 Å². The fourth-order valence-electron chi connectivity index (χ4n) is 2.97. The molecule has 0 radical (unpaired) electrons. The number of carbonyl (C=O) groups excluding carboxylic acids is 1. The third-order valence-electron chi connectivity index (χ3n) is 4.30. The van der Waals surface area contributed by atoms with Crippen molar-refractivity contribution in [2.75, 3.05) is 6.54 Å². The molecule has 2 atom stereocenters. The molecule has 23 heavy (non-hydrogen) atoms. The summed E-state index contributed by atoms with van der Waals surface area (Å²) in [5.41, 5.74) is 1.64. The molecule has 1 amide bonds. The minimum absolute atomic E-state index is 0.0660. The summed E-state index contributed by atoms with van der Waals surface area (Å²) in [5, 5.41) is 17.2. The summed E-state index contributed by atoms with van der Waals surface area (Å²) < 4.78 is 1.49. The molecule has 2 aromatic rings. The van der Waals surface area contributed by atoms with Gasteiger partial charge in [-0.25, -0.2) is 4.68 Å². The number of hydrogen-bond acceptors (Lipinski definition) is 4. The van der Waals surface area contributed by atoms with Crippen molar-refractivity contribution in [1.82, 2.24) is 19.9 Å². The predicted molar refractivity (Wildman–Crippen MR) is 82.4 cm³/mol. The van der Waals surface area contributed by atoms with Gasteiger partial charge in [0.1, 0.15) is 12.2 Å². The minimum Gasteiger partial charge on any atom is -0.481 e. The molecule has 1 aliphatic rings. The van der Waals surface area contributed by atoms with Gasteiger partial charge in [0.2, 0.25) is 5.91 Å². The number of amides is 1. The lowest BCUT2D eigenvalue weighted by Crippen LogP contribution is -2.39. The van der Waals surface area contributed by atoms with Crippen LogP contribution in [0.1, 0.15) is 13.3 Å². The second-order valence-corrected chi connectivity index (χ2v) is 5.73. The van der Waals surface area contributed by atoms with Crippen molar-refractivity contribution in [3.05, 3.63) is 36.5 Å². The fraction of sp³-hybridized carbons (Fsp3) is 0.375. The minimum atomic E-state index is -0.847. The van der Waals surface area contributed by atoms with E-state index < -0.39 is 11.9 Å². The van der Waals surface area contributed by atoms with Crippen LogP contribution in [0.5, 0.6) is 0 Å². The van der Waals surface area contributed by atoms with Crippen molar-refractivity contribution >= 4 is 11.9 Å². The number of rotatable bonds is 4. The quantitative estimate of drug-likeness (QED) is 0.918. The molecule has 1 aromatic carbocycles. The highest BCUT2D eigenvalue weighted by Crippen LogP contribution is 2.24. The van der Waals surface area contributed by atoms with Crippen LogP contribution in [0, 0.1) is 5.92 Å². The molecule has 120 valence electrons.